The molecule has 1 aromatic carbocycles. The first-order valence-electron chi connectivity index (χ1n) is 13.1. The van der Waals surface area contributed by atoms with Crippen LogP contribution in [0.4, 0.5) is 0 Å². The van der Waals surface area contributed by atoms with Gasteiger partial charge in [-0.05, 0) is 6.42 Å². The molecular weight excluding hydrogens is 451 g/mol. The Morgan fingerprint density at radius 2 is 1.12 bits per heavy atom. The maximum absolute atomic E-state index is 9.28. The quantitative estimate of drug-likeness (QED) is 0.177. The monoisotopic (exact) mass is 506 g/mol. The summed E-state index contributed by atoms with van der Waals surface area (Å²) in [5, 5.41) is 9.28. The minimum Gasteiger partial charge on any atom is -1.00 e. The Morgan fingerprint density at radius 1 is 0.697 bits per heavy atom. The van der Waals surface area contributed by atoms with Crippen LogP contribution in [0.3, 0.4) is 0 Å². The third kappa shape index (κ3) is 18.7. The van der Waals surface area contributed by atoms with E-state index in [4.69, 9.17) is 0 Å². The molecule has 3 nitrogen and oxygen atoms in total. The maximum atomic E-state index is 9.28. The first kappa shape index (κ1) is 37.2. The minimum atomic E-state index is 0. The fourth-order valence-electron chi connectivity index (χ4n) is 4.76. The Kier molecular flexibility index (Phi) is 28.0. The number of nitrogens with zero attached hydrogens (tertiary/aromatic N) is 1. The predicted molar refractivity (Wildman–Crippen MR) is 145 cm³/mol. The molecule has 1 atom stereocenters. The van der Waals surface area contributed by atoms with Gasteiger partial charge in [-0.1, -0.05) is 121 Å². The van der Waals surface area contributed by atoms with E-state index in [1.54, 1.807) is 0 Å². The third-order valence-electron chi connectivity index (χ3n) is 6.75. The van der Waals surface area contributed by atoms with Gasteiger partial charge in [0.05, 0.1) is 20.6 Å². The van der Waals surface area contributed by atoms with Crippen molar-refractivity contribution in [2.24, 2.45) is 0 Å². The second-order valence-corrected chi connectivity index (χ2v) is 9.89. The molecule has 0 saturated carbocycles. The van der Waals surface area contributed by atoms with Crippen LogP contribution in [0.25, 0.3) is 0 Å². The van der Waals surface area contributed by atoms with E-state index in [2.05, 4.69) is 51.4 Å². The average molecular weight is 508 g/mol. The largest absolute Gasteiger partial charge is 1.00 e. The Bertz CT molecular complexity index is 500. The van der Waals surface area contributed by atoms with E-state index in [0.717, 1.165) is 17.4 Å². The number of unbranched alkanes of at least 4 members (excludes halogenated alkanes) is 13. The van der Waals surface area contributed by atoms with E-state index in [0.29, 0.717) is 12.6 Å². The number of halogens is 2. The molecule has 0 amide bonds. The van der Waals surface area contributed by atoms with Crippen LogP contribution in [0.15, 0.2) is 30.3 Å². The summed E-state index contributed by atoms with van der Waals surface area (Å²) in [4.78, 5) is 0. The van der Waals surface area contributed by atoms with Gasteiger partial charge in [0, 0.05) is 25.0 Å². The Balaban J connectivity index is -0.00000300. The number of quaternary nitrogens is 1. The Labute approximate surface area is 219 Å². The topological polar surface area (TPSA) is 55.2 Å². The zero-order valence-electron chi connectivity index (χ0n) is 22.1. The molecule has 0 aromatic heterocycles. The fraction of sp³-hybridized carbons (Fsp3) is 0.786. The fourth-order valence-corrected chi connectivity index (χ4v) is 4.76. The molecule has 0 heterocycles. The second-order valence-electron chi connectivity index (χ2n) is 9.89. The molecule has 0 radical (unpaired) electrons. The van der Waals surface area contributed by atoms with Gasteiger partial charge in [0.1, 0.15) is 6.04 Å². The normalized spacial score (nSPS) is 11.8. The van der Waals surface area contributed by atoms with Crippen molar-refractivity contribution in [2.45, 2.75) is 116 Å². The second kappa shape index (κ2) is 24.8. The van der Waals surface area contributed by atoms with Crippen LogP contribution in [-0.2, 0) is 0 Å². The number of benzene rings is 1. The summed E-state index contributed by atoms with van der Waals surface area (Å²) in [6, 6.07) is 11.6. The highest BCUT2D eigenvalue weighted by atomic mass is 35.5. The van der Waals surface area contributed by atoms with Gasteiger partial charge in [-0.2, -0.15) is 0 Å². The van der Waals surface area contributed by atoms with Crippen molar-refractivity contribution in [1.82, 2.24) is 6.15 Å². The highest BCUT2D eigenvalue weighted by Gasteiger charge is 2.28. The summed E-state index contributed by atoms with van der Waals surface area (Å²) in [7, 11) is 4.66. The first-order chi connectivity index (χ1) is 14.6. The smallest absolute Gasteiger partial charge is 0.114 e. The van der Waals surface area contributed by atoms with E-state index < -0.39 is 0 Å². The van der Waals surface area contributed by atoms with Gasteiger partial charge in [0.2, 0.25) is 0 Å². The number of hydrogen-bond donors (Lipinski definition) is 2. The van der Waals surface area contributed by atoms with Crippen LogP contribution in [-0.4, -0.2) is 36.8 Å². The lowest BCUT2D eigenvalue weighted by atomic mass is 9.96. The zero-order valence-corrected chi connectivity index (χ0v) is 23.7. The molecule has 0 aliphatic carbocycles. The van der Waals surface area contributed by atoms with E-state index in [9.17, 15) is 5.11 Å². The Hall–Kier alpha value is -0.320. The lowest BCUT2D eigenvalue weighted by molar-refractivity contribution is -0.921. The summed E-state index contributed by atoms with van der Waals surface area (Å²) in [5.41, 5.74) is 1.45. The summed E-state index contributed by atoms with van der Waals surface area (Å²) in [5.74, 6) is 0. The number of rotatable bonds is 20. The zero-order chi connectivity index (χ0) is 21.9. The van der Waals surface area contributed by atoms with E-state index in [1.807, 2.05) is 0 Å². The van der Waals surface area contributed by atoms with Crippen LogP contribution in [0, 0.1) is 0 Å². The molecule has 1 aromatic rings. The Morgan fingerprint density at radius 3 is 1.55 bits per heavy atom. The highest BCUT2D eigenvalue weighted by molar-refractivity contribution is 5.85. The summed E-state index contributed by atoms with van der Waals surface area (Å²) >= 11 is 0. The minimum absolute atomic E-state index is 0. The molecule has 33 heavy (non-hydrogen) atoms. The molecule has 1 rings (SSSR count). The van der Waals surface area contributed by atoms with Crippen LogP contribution < -0.4 is 18.6 Å². The molecule has 0 aliphatic rings. The molecule has 0 bridgehead atoms. The summed E-state index contributed by atoms with van der Waals surface area (Å²) < 4.78 is 0.975. The molecule has 1 unspecified atom stereocenters. The van der Waals surface area contributed by atoms with Crippen LogP contribution in [0.1, 0.15) is 121 Å². The molecular formula is C28H56Cl2N2O. The van der Waals surface area contributed by atoms with Gasteiger partial charge >= 0.3 is 0 Å². The van der Waals surface area contributed by atoms with Crippen molar-refractivity contribution in [3.8, 4) is 0 Å². The lowest BCUT2D eigenvalue weighted by Gasteiger charge is -2.38. The molecule has 0 saturated heterocycles. The van der Waals surface area contributed by atoms with Crippen molar-refractivity contribution < 1.29 is 22.0 Å². The molecule has 5 heteroatoms. The van der Waals surface area contributed by atoms with E-state index in [1.165, 1.54) is 102 Å². The van der Waals surface area contributed by atoms with Crippen LogP contribution in [0.5, 0.6) is 0 Å². The molecule has 4 N–H and O–H groups in total. The molecule has 198 valence electrons. The van der Waals surface area contributed by atoms with Gasteiger partial charge in [-0.3, -0.25) is 0 Å². The van der Waals surface area contributed by atoms with Crippen molar-refractivity contribution >= 4 is 12.4 Å². The van der Waals surface area contributed by atoms with Crippen LogP contribution >= 0.6 is 12.4 Å². The van der Waals surface area contributed by atoms with Gasteiger partial charge < -0.3 is 28.1 Å². The maximum Gasteiger partial charge on any atom is 0.114 e. The van der Waals surface area contributed by atoms with Gasteiger partial charge in [-0.15, -0.1) is 12.4 Å². The van der Waals surface area contributed by atoms with Crippen molar-refractivity contribution in [2.75, 3.05) is 27.2 Å². The summed E-state index contributed by atoms with van der Waals surface area (Å²) in [6.07, 6.45) is 22.0. The van der Waals surface area contributed by atoms with E-state index in [-0.39, 0.29) is 31.0 Å². The molecule has 0 aliphatic heterocycles. The van der Waals surface area contributed by atoms with Crippen LogP contribution in [0.2, 0.25) is 0 Å². The van der Waals surface area contributed by atoms with Gasteiger partial charge in [0.25, 0.3) is 0 Å². The van der Waals surface area contributed by atoms with Gasteiger partial charge in [-0.25, -0.2) is 0 Å². The SMILES string of the molecule is CCCCCCCCCCCCCCCCC(c1ccccc1)[N+](C)(C)CCCO.Cl.N.[Cl-]. The third-order valence-corrected chi connectivity index (χ3v) is 6.75. The lowest BCUT2D eigenvalue weighted by Crippen LogP contribution is -3.00. The van der Waals surface area contributed by atoms with Crippen molar-refractivity contribution in [1.29, 1.82) is 0 Å². The number of aliphatic hydroxyl groups excluding tert-OH is 1. The average Bonchev–Trinajstić information content (AvgIpc) is 2.75. The number of aliphatic hydroxyl groups is 1. The van der Waals surface area contributed by atoms with Crippen molar-refractivity contribution in [3.63, 3.8) is 0 Å². The molecule has 0 fully saturated rings. The molecule has 0 spiro atoms. The predicted octanol–water partition coefficient (Wildman–Crippen LogP) is 5.65. The van der Waals surface area contributed by atoms with Gasteiger partial charge in [0.15, 0.2) is 0 Å². The highest BCUT2D eigenvalue weighted by Crippen LogP contribution is 2.31. The summed E-state index contributed by atoms with van der Waals surface area (Å²) in [6.45, 7) is 3.62. The number of hydrogen-bond acceptors (Lipinski definition) is 2. The standard InChI is InChI=1S/C28H52NO.2ClH.H3N/c1-4-5-6-7-8-9-10-11-12-13-14-15-16-20-24-28(27-22-18-17-19-23-27)29(2,3)25-21-26-30;;;/h17-19,22-23,28,30H,4-16,20-21,24-26H2,1-3H3;2*1H;1H3/q+1;;;/p-1. The van der Waals surface area contributed by atoms with Crippen molar-refractivity contribution in [3.05, 3.63) is 35.9 Å². The first-order valence-corrected chi connectivity index (χ1v) is 13.1. The van der Waals surface area contributed by atoms with E-state index >= 15 is 0 Å².